The van der Waals surface area contributed by atoms with Gasteiger partial charge in [-0.15, -0.1) is 23.4 Å². The number of aryl methyl sites for hydroxylation is 2. The summed E-state index contributed by atoms with van der Waals surface area (Å²) in [5, 5.41) is 2.65. The van der Waals surface area contributed by atoms with Gasteiger partial charge in [-0.3, -0.25) is 14.5 Å². The number of carbonyl (C=O) groups excluding carboxylic acids is 2. The van der Waals surface area contributed by atoms with Crippen molar-refractivity contribution in [1.82, 2.24) is 0 Å². The van der Waals surface area contributed by atoms with Crippen molar-refractivity contribution in [2.75, 3.05) is 21.8 Å². The third-order valence-corrected chi connectivity index (χ3v) is 5.51. The minimum Gasteiger partial charge on any atom is -0.325 e. The van der Waals surface area contributed by atoms with E-state index in [-0.39, 0.29) is 23.1 Å². The van der Waals surface area contributed by atoms with Crippen LogP contribution in [-0.4, -0.2) is 23.4 Å². The van der Waals surface area contributed by atoms with Crippen molar-refractivity contribution in [3.8, 4) is 0 Å². The second-order valence-corrected chi connectivity index (χ2v) is 7.36. The van der Waals surface area contributed by atoms with E-state index in [1.165, 1.54) is 5.56 Å². The van der Waals surface area contributed by atoms with Crippen molar-refractivity contribution in [3.63, 3.8) is 0 Å². The van der Waals surface area contributed by atoms with Gasteiger partial charge in [0.05, 0.1) is 5.75 Å². The zero-order valence-corrected chi connectivity index (χ0v) is 15.7. The van der Waals surface area contributed by atoms with Crippen LogP contribution in [0.15, 0.2) is 42.5 Å². The van der Waals surface area contributed by atoms with Gasteiger partial charge in [-0.25, -0.2) is 0 Å². The summed E-state index contributed by atoms with van der Waals surface area (Å²) in [5.41, 5.74) is 4.84. The highest BCUT2D eigenvalue weighted by molar-refractivity contribution is 8.00. The fourth-order valence-corrected chi connectivity index (χ4v) is 4.20. The molecular weight excluding hydrogens is 356 g/mol. The molecule has 1 fully saturated rings. The first-order valence-corrected chi connectivity index (χ1v) is 9.54. The number of nitrogens with zero attached hydrogens (tertiary/aromatic N) is 1. The third-order valence-electron chi connectivity index (χ3n) is 4.06. The fourth-order valence-electron chi connectivity index (χ4n) is 2.97. The highest BCUT2D eigenvalue weighted by Gasteiger charge is 2.34. The summed E-state index contributed by atoms with van der Waals surface area (Å²) < 4.78 is 0. The van der Waals surface area contributed by atoms with E-state index in [0.29, 0.717) is 11.4 Å². The zero-order valence-electron chi connectivity index (χ0n) is 14.1. The average molecular weight is 375 g/mol. The topological polar surface area (TPSA) is 49.4 Å². The highest BCUT2D eigenvalue weighted by atomic mass is 35.5. The lowest BCUT2D eigenvalue weighted by atomic mass is 10.1. The molecule has 1 aliphatic rings. The molecule has 0 spiro atoms. The normalized spacial score (nSPS) is 17.0. The number of carbonyl (C=O) groups is 2. The number of anilines is 2. The molecule has 25 heavy (non-hydrogen) atoms. The molecule has 1 atom stereocenters. The Morgan fingerprint density at radius 1 is 1.28 bits per heavy atom. The molecule has 4 nitrogen and oxygen atoms in total. The summed E-state index contributed by atoms with van der Waals surface area (Å²) in [6.45, 7) is 4.06. The van der Waals surface area contributed by atoms with Crippen LogP contribution < -0.4 is 10.2 Å². The largest absolute Gasteiger partial charge is 0.325 e. The minimum atomic E-state index is -0.250. The van der Waals surface area contributed by atoms with Gasteiger partial charge >= 0.3 is 0 Å². The van der Waals surface area contributed by atoms with Crippen LogP contribution in [0.1, 0.15) is 22.1 Å². The summed E-state index contributed by atoms with van der Waals surface area (Å²) in [4.78, 5) is 25.9. The van der Waals surface area contributed by atoms with E-state index in [1.54, 1.807) is 11.8 Å². The van der Waals surface area contributed by atoms with E-state index in [4.69, 9.17) is 11.6 Å². The third kappa shape index (κ3) is 3.83. The van der Waals surface area contributed by atoms with E-state index < -0.39 is 0 Å². The first kappa shape index (κ1) is 17.8. The van der Waals surface area contributed by atoms with Gasteiger partial charge in [-0.05, 0) is 43.2 Å². The first-order valence-electron chi connectivity index (χ1n) is 7.96. The molecule has 130 valence electrons. The van der Waals surface area contributed by atoms with Gasteiger partial charge in [0.2, 0.25) is 11.8 Å². The Kier molecular flexibility index (Phi) is 5.35. The first-order chi connectivity index (χ1) is 12.0. The van der Waals surface area contributed by atoms with Gasteiger partial charge in [0.1, 0.15) is 11.3 Å². The Balaban J connectivity index is 1.94. The average Bonchev–Trinajstić information content (AvgIpc) is 2.96. The standard InChI is InChI=1S/C19H19ClN2O2S/c1-12-6-7-16(13(2)8-12)22-18(24)11-25-19(22)14-4-3-5-15(9-14)21-17(23)10-20/h3-9,19H,10-11H2,1-2H3,(H,21,23)/t19-/m1/s1. The molecule has 1 N–H and O–H groups in total. The molecule has 1 saturated heterocycles. The van der Waals surface area contributed by atoms with Crippen molar-refractivity contribution in [1.29, 1.82) is 0 Å². The zero-order chi connectivity index (χ0) is 18.0. The maximum atomic E-state index is 12.5. The lowest BCUT2D eigenvalue weighted by molar-refractivity contribution is -0.116. The molecule has 0 saturated carbocycles. The number of hydrogen-bond donors (Lipinski definition) is 1. The molecule has 0 aromatic heterocycles. The predicted molar refractivity (Wildman–Crippen MR) is 104 cm³/mol. The molecule has 6 heteroatoms. The van der Waals surface area contributed by atoms with Gasteiger partial charge in [0.25, 0.3) is 0 Å². The number of benzene rings is 2. The predicted octanol–water partition coefficient (Wildman–Crippen LogP) is 4.26. The Bertz CT molecular complexity index is 825. The quantitative estimate of drug-likeness (QED) is 0.813. The van der Waals surface area contributed by atoms with Gasteiger partial charge in [-0.1, -0.05) is 29.8 Å². The number of hydrogen-bond acceptors (Lipinski definition) is 3. The van der Waals surface area contributed by atoms with Gasteiger partial charge in [0.15, 0.2) is 0 Å². The Morgan fingerprint density at radius 2 is 2.08 bits per heavy atom. The van der Waals surface area contributed by atoms with Crippen LogP contribution in [0.4, 0.5) is 11.4 Å². The number of nitrogens with one attached hydrogen (secondary N) is 1. The monoisotopic (exact) mass is 374 g/mol. The number of thioether (sulfide) groups is 1. The number of amides is 2. The summed E-state index contributed by atoms with van der Waals surface area (Å²) >= 11 is 7.14. The highest BCUT2D eigenvalue weighted by Crippen LogP contribution is 2.43. The van der Waals surface area contributed by atoms with E-state index in [1.807, 2.05) is 55.1 Å². The molecule has 2 aromatic rings. The van der Waals surface area contributed by atoms with E-state index in [9.17, 15) is 9.59 Å². The lowest BCUT2D eigenvalue weighted by Gasteiger charge is -2.26. The fraction of sp³-hybridized carbons (Fsp3) is 0.263. The van der Waals surface area contributed by atoms with E-state index in [0.717, 1.165) is 16.8 Å². The molecule has 0 aliphatic carbocycles. The van der Waals surface area contributed by atoms with Crippen LogP contribution >= 0.6 is 23.4 Å². The molecular formula is C19H19ClN2O2S. The summed E-state index contributed by atoms with van der Waals surface area (Å²) in [7, 11) is 0. The maximum Gasteiger partial charge on any atom is 0.239 e. The van der Waals surface area contributed by atoms with Crippen molar-refractivity contribution < 1.29 is 9.59 Å². The second-order valence-electron chi connectivity index (χ2n) is 6.02. The smallest absolute Gasteiger partial charge is 0.239 e. The van der Waals surface area contributed by atoms with Crippen LogP contribution in [-0.2, 0) is 9.59 Å². The van der Waals surface area contributed by atoms with Crippen LogP contribution in [0.25, 0.3) is 0 Å². The molecule has 1 aliphatic heterocycles. The van der Waals surface area contributed by atoms with Crippen molar-refractivity contribution in [2.24, 2.45) is 0 Å². The molecule has 3 rings (SSSR count). The molecule has 2 amide bonds. The molecule has 0 unspecified atom stereocenters. The SMILES string of the molecule is Cc1ccc(N2C(=O)CS[C@@H]2c2cccc(NC(=O)CCl)c2)c(C)c1. The van der Waals surface area contributed by atoms with Gasteiger partial charge < -0.3 is 5.32 Å². The van der Waals surface area contributed by atoms with Gasteiger partial charge in [-0.2, -0.15) is 0 Å². The van der Waals surface area contributed by atoms with E-state index in [2.05, 4.69) is 11.4 Å². The van der Waals surface area contributed by atoms with Crippen LogP contribution in [0.2, 0.25) is 0 Å². The Hall–Kier alpha value is -1.98. The van der Waals surface area contributed by atoms with Crippen molar-refractivity contribution in [3.05, 3.63) is 59.2 Å². The number of rotatable bonds is 4. The Morgan fingerprint density at radius 3 is 2.80 bits per heavy atom. The number of alkyl halides is 1. The maximum absolute atomic E-state index is 12.5. The summed E-state index contributed by atoms with van der Waals surface area (Å²) in [6.07, 6.45) is 0. The summed E-state index contributed by atoms with van der Waals surface area (Å²) in [6, 6.07) is 13.7. The molecule has 0 bridgehead atoms. The van der Waals surface area contributed by atoms with Crippen LogP contribution in [0.5, 0.6) is 0 Å². The van der Waals surface area contributed by atoms with Crippen LogP contribution in [0, 0.1) is 13.8 Å². The molecule has 2 aromatic carbocycles. The molecule has 0 radical (unpaired) electrons. The minimum absolute atomic E-state index is 0.0877. The van der Waals surface area contributed by atoms with E-state index >= 15 is 0 Å². The van der Waals surface area contributed by atoms with Crippen molar-refractivity contribution in [2.45, 2.75) is 19.2 Å². The second kappa shape index (κ2) is 7.50. The Labute approximate surface area is 156 Å². The molecule has 1 heterocycles. The van der Waals surface area contributed by atoms with Crippen molar-refractivity contribution >= 4 is 46.6 Å². The van der Waals surface area contributed by atoms with Crippen LogP contribution in [0.3, 0.4) is 0 Å². The lowest BCUT2D eigenvalue weighted by Crippen LogP contribution is -2.28. The number of halogens is 1. The van der Waals surface area contributed by atoms with Gasteiger partial charge in [0, 0.05) is 11.4 Å². The summed E-state index contributed by atoms with van der Waals surface area (Å²) in [5.74, 6) is 0.198.